The lowest BCUT2D eigenvalue weighted by Gasteiger charge is -1.99. The summed E-state index contributed by atoms with van der Waals surface area (Å²) >= 11 is 0. The minimum absolute atomic E-state index is 0.116. The van der Waals surface area contributed by atoms with E-state index in [1.54, 1.807) is 13.1 Å². The van der Waals surface area contributed by atoms with E-state index in [-0.39, 0.29) is 11.7 Å². The molecule has 4 heteroatoms. The average molecular weight is 278 g/mol. The Bertz CT molecular complexity index is 692. The van der Waals surface area contributed by atoms with Crippen LogP contribution in [0, 0.1) is 0 Å². The number of aromatic nitrogens is 2. The summed E-state index contributed by atoms with van der Waals surface area (Å²) in [5.74, 6) is 0.546. The van der Waals surface area contributed by atoms with Crippen LogP contribution in [-0.4, -0.2) is 15.8 Å². The van der Waals surface area contributed by atoms with Gasteiger partial charge in [0.15, 0.2) is 5.76 Å². The van der Waals surface area contributed by atoms with Crippen molar-refractivity contribution in [2.24, 2.45) is 0 Å². The molecule has 2 heterocycles. The standard InChI is InChI=1S/C17H14N2O2/c1-2-14(20)17-19-15(12-8-4-3-5-9-12)16(21-17)13-10-6-7-11-18-13/h3-11H,2H2,1H3. The van der Waals surface area contributed by atoms with Crippen LogP contribution in [0.1, 0.15) is 24.0 Å². The number of pyridine rings is 1. The molecule has 0 aliphatic heterocycles. The maximum absolute atomic E-state index is 11.9. The Labute approximate surface area is 122 Å². The molecule has 4 nitrogen and oxygen atoms in total. The second-order valence-electron chi connectivity index (χ2n) is 4.55. The number of rotatable bonds is 4. The van der Waals surface area contributed by atoms with Gasteiger partial charge in [-0.25, -0.2) is 4.98 Å². The number of oxazole rings is 1. The van der Waals surface area contributed by atoms with Gasteiger partial charge in [-0.1, -0.05) is 43.3 Å². The summed E-state index contributed by atoms with van der Waals surface area (Å²) in [4.78, 5) is 20.5. The molecular weight excluding hydrogens is 264 g/mol. The highest BCUT2D eigenvalue weighted by atomic mass is 16.4. The molecule has 0 fully saturated rings. The predicted molar refractivity (Wildman–Crippen MR) is 79.8 cm³/mol. The minimum atomic E-state index is -0.116. The minimum Gasteiger partial charge on any atom is -0.431 e. The van der Waals surface area contributed by atoms with E-state index in [0.29, 0.717) is 23.6 Å². The van der Waals surface area contributed by atoms with E-state index in [1.165, 1.54) is 0 Å². The number of ketones is 1. The van der Waals surface area contributed by atoms with Crippen molar-refractivity contribution in [3.05, 3.63) is 60.6 Å². The normalized spacial score (nSPS) is 10.5. The van der Waals surface area contributed by atoms with E-state index in [2.05, 4.69) is 9.97 Å². The molecule has 0 amide bonds. The Kier molecular flexibility index (Phi) is 3.60. The summed E-state index contributed by atoms with van der Waals surface area (Å²) in [5, 5.41) is 0. The van der Waals surface area contributed by atoms with Crippen molar-refractivity contribution < 1.29 is 9.21 Å². The lowest BCUT2D eigenvalue weighted by atomic mass is 10.1. The molecule has 0 radical (unpaired) electrons. The van der Waals surface area contributed by atoms with Gasteiger partial charge < -0.3 is 4.42 Å². The maximum Gasteiger partial charge on any atom is 0.264 e. The summed E-state index contributed by atoms with van der Waals surface area (Å²) < 4.78 is 5.68. The van der Waals surface area contributed by atoms with Crippen LogP contribution in [0.15, 0.2) is 59.1 Å². The highest BCUT2D eigenvalue weighted by molar-refractivity contribution is 5.93. The highest BCUT2D eigenvalue weighted by Gasteiger charge is 2.20. The van der Waals surface area contributed by atoms with Crippen LogP contribution >= 0.6 is 0 Å². The number of carbonyl (C=O) groups excluding carboxylic acids is 1. The first-order valence-electron chi connectivity index (χ1n) is 6.80. The van der Waals surface area contributed by atoms with Crippen LogP contribution in [0.2, 0.25) is 0 Å². The number of Topliss-reactive ketones (excluding diaryl/α,β-unsaturated/α-hetero) is 1. The number of carbonyl (C=O) groups is 1. The quantitative estimate of drug-likeness (QED) is 0.677. The predicted octanol–water partition coefficient (Wildman–Crippen LogP) is 4.00. The first kappa shape index (κ1) is 13.2. The Morgan fingerprint density at radius 1 is 1.10 bits per heavy atom. The molecule has 0 spiro atoms. The van der Waals surface area contributed by atoms with E-state index in [9.17, 15) is 4.79 Å². The van der Waals surface area contributed by atoms with Gasteiger partial charge in [0.05, 0.1) is 0 Å². The third-order valence-corrected chi connectivity index (χ3v) is 3.13. The molecule has 2 aromatic heterocycles. The lowest BCUT2D eigenvalue weighted by Crippen LogP contribution is -1.96. The van der Waals surface area contributed by atoms with Crippen LogP contribution in [0.5, 0.6) is 0 Å². The monoisotopic (exact) mass is 278 g/mol. The van der Waals surface area contributed by atoms with Gasteiger partial charge in [-0.3, -0.25) is 9.78 Å². The van der Waals surface area contributed by atoms with Crippen molar-refractivity contribution in [2.45, 2.75) is 13.3 Å². The molecule has 0 aliphatic carbocycles. The van der Waals surface area contributed by atoms with Gasteiger partial charge in [0.2, 0.25) is 5.78 Å². The molecule has 1 aromatic carbocycles. The van der Waals surface area contributed by atoms with Crippen LogP contribution in [0.25, 0.3) is 22.7 Å². The van der Waals surface area contributed by atoms with Crippen molar-refractivity contribution in [1.82, 2.24) is 9.97 Å². The zero-order valence-corrected chi connectivity index (χ0v) is 11.6. The number of benzene rings is 1. The van der Waals surface area contributed by atoms with Gasteiger partial charge in [0.25, 0.3) is 5.89 Å². The van der Waals surface area contributed by atoms with Gasteiger partial charge in [-0.15, -0.1) is 0 Å². The van der Waals surface area contributed by atoms with Gasteiger partial charge in [0, 0.05) is 18.2 Å². The van der Waals surface area contributed by atoms with Crippen molar-refractivity contribution in [2.75, 3.05) is 0 Å². The first-order chi connectivity index (χ1) is 10.3. The summed E-state index contributed by atoms with van der Waals surface area (Å²) in [5.41, 5.74) is 2.21. The molecule has 21 heavy (non-hydrogen) atoms. The molecule has 0 saturated carbocycles. The topological polar surface area (TPSA) is 56.0 Å². The number of hydrogen-bond donors (Lipinski definition) is 0. The molecule has 104 valence electrons. The number of nitrogens with zero attached hydrogens (tertiary/aromatic N) is 2. The van der Waals surface area contributed by atoms with E-state index < -0.39 is 0 Å². The lowest BCUT2D eigenvalue weighted by molar-refractivity contribution is 0.0955. The van der Waals surface area contributed by atoms with E-state index in [1.807, 2.05) is 48.5 Å². The van der Waals surface area contributed by atoms with Crippen LogP contribution in [0.4, 0.5) is 0 Å². The Morgan fingerprint density at radius 3 is 2.52 bits per heavy atom. The Morgan fingerprint density at radius 2 is 1.86 bits per heavy atom. The molecule has 0 atom stereocenters. The third-order valence-electron chi connectivity index (χ3n) is 3.13. The molecular formula is C17H14N2O2. The fraction of sp³-hybridized carbons (Fsp3) is 0.118. The molecule has 3 rings (SSSR count). The van der Waals surface area contributed by atoms with Crippen molar-refractivity contribution >= 4 is 5.78 Å². The fourth-order valence-electron chi connectivity index (χ4n) is 2.05. The largest absolute Gasteiger partial charge is 0.431 e. The molecule has 3 aromatic rings. The average Bonchev–Trinajstić information content (AvgIpc) is 3.01. The molecule has 0 N–H and O–H groups in total. The Balaban J connectivity index is 2.18. The zero-order chi connectivity index (χ0) is 14.7. The van der Waals surface area contributed by atoms with Crippen LogP contribution < -0.4 is 0 Å². The second kappa shape index (κ2) is 5.71. The summed E-state index contributed by atoms with van der Waals surface area (Å²) in [6.07, 6.45) is 2.05. The molecule has 0 unspecified atom stereocenters. The highest BCUT2D eigenvalue weighted by Crippen LogP contribution is 2.31. The SMILES string of the molecule is CCC(=O)c1nc(-c2ccccc2)c(-c2ccccn2)o1. The molecule has 0 bridgehead atoms. The van der Waals surface area contributed by atoms with Crippen LogP contribution in [-0.2, 0) is 0 Å². The Hall–Kier alpha value is -2.75. The smallest absolute Gasteiger partial charge is 0.264 e. The number of hydrogen-bond acceptors (Lipinski definition) is 4. The van der Waals surface area contributed by atoms with Crippen LogP contribution in [0.3, 0.4) is 0 Å². The van der Waals surface area contributed by atoms with Gasteiger partial charge >= 0.3 is 0 Å². The van der Waals surface area contributed by atoms with E-state index in [4.69, 9.17) is 4.42 Å². The van der Waals surface area contributed by atoms with E-state index >= 15 is 0 Å². The second-order valence-corrected chi connectivity index (χ2v) is 4.55. The summed E-state index contributed by atoms with van der Waals surface area (Å²) in [6, 6.07) is 15.2. The summed E-state index contributed by atoms with van der Waals surface area (Å²) in [6.45, 7) is 1.79. The summed E-state index contributed by atoms with van der Waals surface area (Å²) in [7, 11) is 0. The fourth-order valence-corrected chi connectivity index (χ4v) is 2.05. The van der Waals surface area contributed by atoms with Crippen molar-refractivity contribution in [1.29, 1.82) is 0 Å². The molecule has 0 aliphatic rings. The molecule has 0 saturated heterocycles. The van der Waals surface area contributed by atoms with Crippen molar-refractivity contribution in [3.8, 4) is 22.7 Å². The first-order valence-corrected chi connectivity index (χ1v) is 6.80. The van der Waals surface area contributed by atoms with E-state index in [0.717, 1.165) is 5.56 Å². The van der Waals surface area contributed by atoms with Crippen molar-refractivity contribution in [3.63, 3.8) is 0 Å². The van der Waals surface area contributed by atoms with Gasteiger partial charge in [0.1, 0.15) is 11.4 Å². The third kappa shape index (κ3) is 2.60. The maximum atomic E-state index is 11.9. The van der Waals surface area contributed by atoms with Gasteiger partial charge in [-0.2, -0.15) is 0 Å². The van der Waals surface area contributed by atoms with Gasteiger partial charge in [-0.05, 0) is 12.1 Å². The zero-order valence-electron chi connectivity index (χ0n) is 11.6.